The van der Waals surface area contributed by atoms with E-state index in [2.05, 4.69) is 57.6 Å². The Bertz CT molecular complexity index is 811. The fourth-order valence-corrected chi connectivity index (χ4v) is 3.88. The molecule has 1 aliphatic heterocycles. The summed E-state index contributed by atoms with van der Waals surface area (Å²) in [6.07, 6.45) is 1.43. The van der Waals surface area contributed by atoms with Crippen LogP contribution in [0, 0.1) is 11.3 Å². The van der Waals surface area contributed by atoms with Crippen molar-refractivity contribution in [3.05, 3.63) is 65.7 Å². The number of thiocarbonyl (C=S) groups is 1. The number of nitriles is 1. The van der Waals surface area contributed by atoms with E-state index in [1.165, 1.54) is 11.1 Å². The van der Waals surface area contributed by atoms with Gasteiger partial charge in [0.05, 0.1) is 19.2 Å². The van der Waals surface area contributed by atoms with E-state index >= 15 is 0 Å². The summed E-state index contributed by atoms with van der Waals surface area (Å²) in [7, 11) is 1.68. The molecule has 0 aromatic heterocycles. The molecule has 5 nitrogen and oxygen atoms in total. The van der Waals surface area contributed by atoms with Crippen molar-refractivity contribution in [2.45, 2.75) is 18.9 Å². The van der Waals surface area contributed by atoms with Crippen molar-refractivity contribution < 1.29 is 4.74 Å². The van der Waals surface area contributed by atoms with Crippen molar-refractivity contribution in [2.24, 2.45) is 0 Å². The number of methoxy groups -OCH3 is 1. The molecule has 3 rings (SSSR count). The molecule has 2 aromatic carbocycles. The topological polar surface area (TPSA) is 51.5 Å². The molecule has 0 aliphatic carbocycles. The van der Waals surface area contributed by atoms with Gasteiger partial charge in [-0.15, -0.1) is 0 Å². The number of nitrogens with one attached hydrogen (secondary N) is 1. The summed E-state index contributed by atoms with van der Waals surface area (Å²) in [5, 5.41) is 13.2. The van der Waals surface area contributed by atoms with Gasteiger partial charge in [0.1, 0.15) is 5.75 Å². The summed E-state index contributed by atoms with van der Waals surface area (Å²) >= 11 is 5.76. The van der Waals surface area contributed by atoms with Gasteiger partial charge >= 0.3 is 0 Å². The summed E-state index contributed by atoms with van der Waals surface area (Å²) in [6.45, 7) is 4.51. The second-order valence-corrected chi connectivity index (χ2v) is 7.59. The molecular formula is C23H28N4OS. The average Bonchev–Trinajstić information content (AvgIpc) is 2.78. The molecule has 0 saturated carbocycles. The lowest BCUT2D eigenvalue weighted by Gasteiger charge is -2.37. The van der Waals surface area contributed by atoms with E-state index in [-0.39, 0.29) is 6.04 Å². The van der Waals surface area contributed by atoms with Crippen molar-refractivity contribution in [2.75, 3.05) is 39.8 Å². The highest BCUT2D eigenvalue weighted by atomic mass is 32.1. The first-order chi connectivity index (χ1) is 14.2. The van der Waals surface area contributed by atoms with Gasteiger partial charge in [0.25, 0.3) is 0 Å². The highest BCUT2D eigenvalue weighted by Crippen LogP contribution is 2.21. The van der Waals surface area contributed by atoms with E-state index in [0.717, 1.165) is 50.0 Å². The molecule has 2 aromatic rings. The Morgan fingerprint density at radius 3 is 2.41 bits per heavy atom. The molecule has 29 heavy (non-hydrogen) atoms. The van der Waals surface area contributed by atoms with Crippen LogP contribution in [0.25, 0.3) is 0 Å². The lowest BCUT2D eigenvalue weighted by Crippen LogP contribution is -2.52. The van der Waals surface area contributed by atoms with E-state index in [0.29, 0.717) is 6.42 Å². The maximum Gasteiger partial charge on any atom is 0.169 e. The molecule has 1 aliphatic rings. The third kappa shape index (κ3) is 6.18. The maximum absolute atomic E-state index is 8.77. The molecule has 1 atom stereocenters. The van der Waals surface area contributed by atoms with Gasteiger partial charge in [-0.25, -0.2) is 0 Å². The molecule has 0 radical (unpaired) electrons. The van der Waals surface area contributed by atoms with Crippen LogP contribution in [0.15, 0.2) is 54.6 Å². The van der Waals surface area contributed by atoms with Crippen molar-refractivity contribution in [1.29, 1.82) is 5.26 Å². The van der Waals surface area contributed by atoms with Crippen LogP contribution in [-0.4, -0.2) is 54.7 Å². The third-order valence-electron chi connectivity index (χ3n) is 5.30. The monoisotopic (exact) mass is 408 g/mol. The normalized spacial score (nSPS) is 15.4. The molecule has 0 spiro atoms. The van der Waals surface area contributed by atoms with Crippen LogP contribution in [0.5, 0.6) is 5.75 Å². The molecule has 0 bridgehead atoms. The second-order valence-electron chi connectivity index (χ2n) is 7.20. The van der Waals surface area contributed by atoms with Gasteiger partial charge in [-0.05, 0) is 41.9 Å². The number of hydrogen-bond acceptors (Lipinski definition) is 4. The van der Waals surface area contributed by atoms with Crippen LogP contribution in [0.3, 0.4) is 0 Å². The summed E-state index contributed by atoms with van der Waals surface area (Å²) in [4.78, 5) is 4.57. The number of nitrogens with zero attached hydrogens (tertiary/aromatic N) is 3. The van der Waals surface area contributed by atoms with Crippen LogP contribution in [0.2, 0.25) is 0 Å². The Hall–Kier alpha value is -2.62. The minimum Gasteiger partial charge on any atom is -0.497 e. The Labute approximate surface area is 178 Å². The van der Waals surface area contributed by atoms with E-state index in [9.17, 15) is 0 Å². The third-order valence-corrected chi connectivity index (χ3v) is 5.67. The van der Waals surface area contributed by atoms with E-state index in [4.69, 9.17) is 22.2 Å². The SMILES string of the molecule is COc1ccc(CC(NC(=S)N2CCN(CCC#N)CC2)c2ccccc2)cc1. The summed E-state index contributed by atoms with van der Waals surface area (Å²) in [5.41, 5.74) is 2.45. The average molecular weight is 409 g/mol. The Morgan fingerprint density at radius 2 is 1.79 bits per heavy atom. The van der Waals surface area contributed by atoms with Crippen molar-refractivity contribution in [3.8, 4) is 11.8 Å². The highest BCUT2D eigenvalue weighted by molar-refractivity contribution is 7.80. The maximum atomic E-state index is 8.77. The number of rotatable bonds is 7. The Balaban J connectivity index is 1.64. The fraction of sp³-hybridized carbons (Fsp3) is 0.391. The van der Waals surface area contributed by atoms with Crippen molar-refractivity contribution in [1.82, 2.24) is 15.1 Å². The number of hydrogen-bond donors (Lipinski definition) is 1. The molecule has 1 heterocycles. The van der Waals surface area contributed by atoms with Gasteiger partial charge in [-0.3, -0.25) is 4.90 Å². The van der Waals surface area contributed by atoms with Gasteiger partial charge in [0.15, 0.2) is 5.11 Å². The van der Waals surface area contributed by atoms with E-state index in [1.54, 1.807) is 7.11 Å². The highest BCUT2D eigenvalue weighted by Gasteiger charge is 2.21. The molecule has 0 amide bonds. The Morgan fingerprint density at radius 1 is 1.10 bits per heavy atom. The summed E-state index contributed by atoms with van der Waals surface area (Å²) in [5.74, 6) is 0.864. The summed E-state index contributed by atoms with van der Waals surface area (Å²) < 4.78 is 5.27. The van der Waals surface area contributed by atoms with Crippen molar-refractivity contribution >= 4 is 17.3 Å². The smallest absolute Gasteiger partial charge is 0.169 e. The number of ether oxygens (including phenoxy) is 1. The van der Waals surface area contributed by atoms with Gasteiger partial charge in [-0.2, -0.15) is 5.26 Å². The first-order valence-electron chi connectivity index (χ1n) is 10.0. The molecule has 1 unspecified atom stereocenters. The Kier molecular flexibility index (Phi) is 7.85. The number of benzene rings is 2. The van der Waals surface area contributed by atoms with Gasteiger partial charge in [0.2, 0.25) is 0 Å². The zero-order chi connectivity index (χ0) is 20.5. The zero-order valence-electron chi connectivity index (χ0n) is 16.9. The largest absolute Gasteiger partial charge is 0.497 e. The minimum atomic E-state index is 0.105. The molecule has 6 heteroatoms. The molecule has 152 valence electrons. The van der Waals surface area contributed by atoms with Gasteiger partial charge in [0, 0.05) is 39.1 Å². The predicted molar refractivity (Wildman–Crippen MR) is 120 cm³/mol. The van der Waals surface area contributed by atoms with Crippen LogP contribution in [0.1, 0.15) is 23.6 Å². The van der Waals surface area contributed by atoms with Crippen molar-refractivity contribution in [3.63, 3.8) is 0 Å². The first kappa shape index (κ1) is 21.1. The van der Waals surface area contributed by atoms with Crippen LogP contribution in [0.4, 0.5) is 0 Å². The van der Waals surface area contributed by atoms with Gasteiger partial charge < -0.3 is 15.0 Å². The quantitative estimate of drug-likeness (QED) is 0.709. The predicted octanol–water partition coefficient (Wildman–Crippen LogP) is 3.38. The fourth-order valence-electron chi connectivity index (χ4n) is 3.56. The van der Waals surface area contributed by atoms with Gasteiger partial charge in [-0.1, -0.05) is 42.5 Å². The minimum absolute atomic E-state index is 0.105. The standard InChI is InChI=1S/C23H28N4OS/c1-28-21-10-8-19(9-11-21)18-22(20-6-3-2-4-7-20)25-23(29)27-16-14-26(15-17-27)13-5-12-24/h2-4,6-11,22H,5,13-18H2,1H3,(H,25,29). The van der Waals surface area contributed by atoms with Crippen LogP contribution >= 0.6 is 12.2 Å². The molecule has 1 N–H and O–H groups in total. The molecular weight excluding hydrogens is 380 g/mol. The lowest BCUT2D eigenvalue weighted by atomic mass is 9.99. The first-order valence-corrected chi connectivity index (χ1v) is 10.4. The summed E-state index contributed by atoms with van der Waals surface area (Å²) in [6, 6.07) is 21.0. The van der Waals surface area contributed by atoms with Crippen LogP contribution < -0.4 is 10.1 Å². The van der Waals surface area contributed by atoms with E-state index in [1.807, 2.05) is 18.2 Å². The number of piperazine rings is 1. The molecule has 1 fully saturated rings. The van der Waals surface area contributed by atoms with E-state index < -0.39 is 0 Å². The lowest BCUT2D eigenvalue weighted by molar-refractivity contribution is 0.183. The zero-order valence-corrected chi connectivity index (χ0v) is 17.7. The van der Waals surface area contributed by atoms with Crippen LogP contribution in [-0.2, 0) is 6.42 Å². The molecule has 1 saturated heterocycles. The second kappa shape index (κ2) is 10.8.